The van der Waals surface area contributed by atoms with E-state index in [0.717, 1.165) is 11.1 Å². The number of methoxy groups -OCH3 is 1. The van der Waals surface area contributed by atoms with Gasteiger partial charge in [0.2, 0.25) is 10.0 Å². The van der Waals surface area contributed by atoms with Crippen LogP contribution in [0.15, 0.2) is 46.3 Å². The zero-order chi connectivity index (χ0) is 21.6. The Morgan fingerprint density at radius 3 is 2.59 bits per heavy atom. The van der Waals surface area contributed by atoms with Crippen LogP contribution in [-0.4, -0.2) is 54.1 Å². The predicted octanol–water partition coefficient (Wildman–Crippen LogP) is 0.779. The van der Waals surface area contributed by atoms with Gasteiger partial charge in [0.1, 0.15) is 6.04 Å². The first-order valence-electron chi connectivity index (χ1n) is 9.01. The third-order valence-corrected chi connectivity index (χ3v) is 5.89. The van der Waals surface area contributed by atoms with Gasteiger partial charge >= 0.3 is 5.97 Å². The average Bonchev–Trinajstić information content (AvgIpc) is 2.68. The maximum absolute atomic E-state index is 13.0. The van der Waals surface area contributed by atoms with Crippen LogP contribution in [0.25, 0.3) is 10.8 Å². The summed E-state index contributed by atoms with van der Waals surface area (Å²) in [5.74, 6) is -0.735. The second-order valence-electron chi connectivity index (χ2n) is 6.70. The van der Waals surface area contributed by atoms with Gasteiger partial charge in [0.15, 0.2) is 5.96 Å². The number of ether oxygens (including phenoxy) is 1. The highest BCUT2D eigenvalue weighted by Crippen LogP contribution is 2.27. The Hall–Kier alpha value is -2.85. The van der Waals surface area contributed by atoms with E-state index in [-0.39, 0.29) is 23.8 Å². The summed E-state index contributed by atoms with van der Waals surface area (Å²) in [4.78, 5) is 18.0. The highest BCUT2D eigenvalue weighted by molar-refractivity contribution is 7.89. The minimum Gasteiger partial charge on any atom is -0.468 e. The van der Waals surface area contributed by atoms with E-state index >= 15 is 0 Å². The van der Waals surface area contributed by atoms with Crippen molar-refractivity contribution in [3.8, 4) is 0 Å². The molecule has 0 aliphatic rings. The first kappa shape index (κ1) is 22.4. The predicted molar refractivity (Wildman–Crippen MR) is 114 cm³/mol. The molecule has 0 saturated carbocycles. The summed E-state index contributed by atoms with van der Waals surface area (Å²) in [6, 6.07) is 9.47. The van der Waals surface area contributed by atoms with E-state index in [1.807, 2.05) is 37.2 Å². The molecule has 0 bridgehead atoms. The Morgan fingerprint density at radius 1 is 1.24 bits per heavy atom. The van der Waals surface area contributed by atoms with Gasteiger partial charge in [0.05, 0.1) is 12.0 Å². The monoisotopic (exact) mass is 421 g/mol. The van der Waals surface area contributed by atoms with Gasteiger partial charge in [-0.2, -0.15) is 4.72 Å². The second kappa shape index (κ2) is 9.57. The Morgan fingerprint density at radius 2 is 1.97 bits per heavy atom. The zero-order valence-corrected chi connectivity index (χ0v) is 17.6. The third kappa shape index (κ3) is 5.81. The van der Waals surface area contributed by atoms with Crippen molar-refractivity contribution in [1.29, 1.82) is 0 Å². The number of nitrogens with zero attached hydrogens (tertiary/aromatic N) is 2. The average molecular weight is 422 g/mol. The van der Waals surface area contributed by atoms with E-state index in [2.05, 4.69) is 9.71 Å². The highest BCUT2D eigenvalue weighted by Gasteiger charge is 2.27. The number of hydrogen-bond acceptors (Lipinski definition) is 6. The molecule has 0 aliphatic carbocycles. The van der Waals surface area contributed by atoms with Crippen molar-refractivity contribution < 1.29 is 17.9 Å². The molecule has 0 aliphatic heterocycles. The molecule has 1 unspecified atom stereocenters. The number of benzene rings is 2. The lowest BCUT2D eigenvalue weighted by molar-refractivity contribution is -0.142. The van der Waals surface area contributed by atoms with Crippen LogP contribution in [0.3, 0.4) is 0 Å². The van der Waals surface area contributed by atoms with Crippen molar-refractivity contribution >= 4 is 38.4 Å². The normalized spacial score (nSPS) is 12.4. The summed E-state index contributed by atoms with van der Waals surface area (Å²) < 4.78 is 33.3. The van der Waals surface area contributed by atoms with Crippen molar-refractivity contribution in [2.75, 3.05) is 32.6 Å². The zero-order valence-electron chi connectivity index (χ0n) is 16.8. The maximum atomic E-state index is 13.0. The fourth-order valence-electron chi connectivity index (χ4n) is 2.88. The summed E-state index contributed by atoms with van der Waals surface area (Å²) >= 11 is 0. The smallest absolute Gasteiger partial charge is 0.323 e. The molecule has 5 N–H and O–H groups in total. The molecule has 9 nitrogen and oxygen atoms in total. The van der Waals surface area contributed by atoms with Crippen LogP contribution in [0.2, 0.25) is 0 Å². The molecule has 1 atom stereocenters. The first-order chi connectivity index (χ1) is 13.7. The number of carbonyl (C=O) groups is 1. The lowest BCUT2D eigenvalue weighted by Gasteiger charge is -2.18. The largest absolute Gasteiger partial charge is 0.468 e. The molecule has 10 heteroatoms. The molecule has 29 heavy (non-hydrogen) atoms. The third-order valence-electron chi connectivity index (χ3n) is 4.36. The summed E-state index contributed by atoms with van der Waals surface area (Å²) in [5.41, 5.74) is 11.5. The molecule has 2 rings (SSSR count). The number of aliphatic imine (C=N–C) groups is 1. The number of anilines is 1. The van der Waals surface area contributed by atoms with Gasteiger partial charge in [-0.25, -0.2) is 8.42 Å². The lowest BCUT2D eigenvalue weighted by Crippen LogP contribution is -2.41. The fourth-order valence-corrected chi connectivity index (χ4v) is 4.32. The lowest BCUT2D eigenvalue weighted by atomic mass is 10.1. The van der Waals surface area contributed by atoms with Crippen molar-refractivity contribution in [2.24, 2.45) is 16.5 Å². The van der Waals surface area contributed by atoms with Crippen molar-refractivity contribution in [3.63, 3.8) is 0 Å². The minimum atomic E-state index is -3.98. The molecule has 0 spiro atoms. The summed E-state index contributed by atoms with van der Waals surface area (Å²) in [7, 11) is 1.05. The molecule has 158 valence electrons. The quantitative estimate of drug-likeness (QED) is 0.235. The number of esters is 1. The van der Waals surface area contributed by atoms with Gasteiger partial charge in [-0.1, -0.05) is 18.2 Å². The minimum absolute atomic E-state index is 0.0620. The van der Waals surface area contributed by atoms with Crippen LogP contribution in [0.4, 0.5) is 5.69 Å². The van der Waals surface area contributed by atoms with Gasteiger partial charge in [-0.15, -0.1) is 0 Å². The van der Waals surface area contributed by atoms with E-state index in [9.17, 15) is 13.2 Å². The molecule has 0 saturated heterocycles. The van der Waals surface area contributed by atoms with Crippen molar-refractivity contribution in [1.82, 2.24) is 4.72 Å². The van der Waals surface area contributed by atoms with Crippen LogP contribution in [0.5, 0.6) is 0 Å². The second-order valence-corrected chi connectivity index (χ2v) is 8.38. The van der Waals surface area contributed by atoms with Gasteiger partial charge in [0.25, 0.3) is 0 Å². The molecule has 2 aromatic rings. The molecule has 0 amide bonds. The van der Waals surface area contributed by atoms with Crippen LogP contribution < -0.4 is 21.1 Å². The molecule has 2 aromatic carbocycles. The van der Waals surface area contributed by atoms with Crippen LogP contribution in [0.1, 0.15) is 12.8 Å². The van der Waals surface area contributed by atoms with Gasteiger partial charge in [0, 0.05) is 31.7 Å². The van der Waals surface area contributed by atoms with Gasteiger partial charge in [-0.05, 0) is 36.4 Å². The van der Waals surface area contributed by atoms with Gasteiger partial charge < -0.3 is 21.1 Å². The molecule has 0 radical (unpaired) electrons. The maximum Gasteiger partial charge on any atom is 0.323 e. The topological polar surface area (TPSA) is 140 Å². The van der Waals surface area contributed by atoms with E-state index < -0.39 is 22.0 Å². The SMILES string of the molecule is COC(=O)C(CCCN=C(N)N)NS(=O)(=O)c1cccc2cc(N(C)C)ccc12. The van der Waals surface area contributed by atoms with E-state index in [1.165, 1.54) is 13.2 Å². The summed E-state index contributed by atoms with van der Waals surface area (Å²) in [5, 5.41) is 1.34. The number of guanidine groups is 1. The Labute approximate surface area is 170 Å². The molecule has 0 fully saturated rings. The molecular weight excluding hydrogens is 394 g/mol. The number of rotatable bonds is 9. The Bertz CT molecular complexity index is 1000. The van der Waals surface area contributed by atoms with Crippen LogP contribution in [-0.2, 0) is 19.6 Å². The Balaban J connectivity index is 2.32. The number of hydrogen-bond donors (Lipinski definition) is 3. The van der Waals surface area contributed by atoms with Crippen molar-refractivity contribution in [3.05, 3.63) is 36.4 Å². The Kier molecular flexibility index (Phi) is 7.40. The fraction of sp³-hybridized carbons (Fsp3) is 0.368. The summed E-state index contributed by atoms with van der Waals surface area (Å²) in [6.45, 7) is 0.277. The number of nitrogens with two attached hydrogens (primary N) is 2. The number of sulfonamides is 1. The number of nitrogens with one attached hydrogen (secondary N) is 1. The van der Waals surface area contributed by atoms with E-state index in [4.69, 9.17) is 16.2 Å². The molecular formula is C19H27N5O4S. The number of carbonyl (C=O) groups excluding carboxylic acids is 1. The van der Waals surface area contributed by atoms with E-state index in [1.54, 1.807) is 12.1 Å². The van der Waals surface area contributed by atoms with Crippen LogP contribution in [0, 0.1) is 0 Å². The van der Waals surface area contributed by atoms with Crippen LogP contribution >= 0.6 is 0 Å². The molecule has 0 aromatic heterocycles. The first-order valence-corrected chi connectivity index (χ1v) is 10.5. The highest BCUT2D eigenvalue weighted by atomic mass is 32.2. The standard InChI is InChI=1S/C19H27N5O4S/c1-24(2)14-9-10-15-13(12-14)6-4-8-17(15)29(26,27)23-16(18(25)28-3)7-5-11-22-19(20)21/h4,6,8-10,12,16,23H,5,7,11H2,1-3H3,(H4,20,21,22). The van der Waals surface area contributed by atoms with Crippen molar-refractivity contribution in [2.45, 2.75) is 23.8 Å². The summed E-state index contributed by atoms with van der Waals surface area (Å²) in [6.07, 6.45) is 0.597. The number of fused-ring (bicyclic) bond motifs is 1. The molecule has 0 heterocycles. The van der Waals surface area contributed by atoms with Gasteiger partial charge in [-0.3, -0.25) is 9.79 Å². The van der Waals surface area contributed by atoms with E-state index in [0.29, 0.717) is 11.8 Å².